The highest BCUT2D eigenvalue weighted by Crippen LogP contribution is 2.48. The fourth-order valence-corrected chi connectivity index (χ4v) is 3.18. The molecule has 2 atom stereocenters. The molecule has 24 heavy (non-hydrogen) atoms. The van der Waals surface area contributed by atoms with Crippen LogP contribution in [-0.2, 0) is 4.79 Å². The van der Waals surface area contributed by atoms with E-state index in [2.05, 4.69) is 24.1 Å². The highest BCUT2D eigenvalue weighted by Gasteiger charge is 2.45. The van der Waals surface area contributed by atoms with Crippen molar-refractivity contribution in [2.75, 3.05) is 23.3 Å². The number of hydrogen-bond donors (Lipinski definition) is 1. The van der Waals surface area contributed by atoms with Gasteiger partial charge in [0.2, 0.25) is 5.91 Å². The summed E-state index contributed by atoms with van der Waals surface area (Å²) in [5, 5.41) is 2.95. The predicted molar refractivity (Wildman–Crippen MR) is 95.9 cm³/mol. The molecule has 2 aromatic carbocycles. The molecule has 1 aliphatic carbocycles. The quantitative estimate of drug-likeness (QED) is 0.852. The van der Waals surface area contributed by atoms with Gasteiger partial charge in [-0.05, 0) is 62.1 Å². The van der Waals surface area contributed by atoms with Crippen LogP contribution in [0.25, 0.3) is 0 Å². The highest BCUT2D eigenvalue weighted by atomic mass is 19.1. The molecule has 4 heteroatoms. The molecule has 0 bridgehead atoms. The Labute approximate surface area is 142 Å². The van der Waals surface area contributed by atoms with Gasteiger partial charge in [-0.3, -0.25) is 4.79 Å². The number of carbonyl (C=O) groups excluding carboxylic acids is 1. The highest BCUT2D eigenvalue weighted by molar-refractivity contribution is 5.95. The smallest absolute Gasteiger partial charge is 0.228 e. The average Bonchev–Trinajstić information content (AvgIpc) is 3.38. The van der Waals surface area contributed by atoms with Crippen LogP contribution in [0, 0.1) is 11.7 Å². The number of amides is 1. The number of anilines is 2. The Morgan fingerprint density at radius 2 is 1.79 bits per heavy atom. The topological polar surface area (TPSA) is 32.3 Å². The van der Waals surface area contributed by atoms with Crippen molar-refractivity contribution in [1.82, 2.24) is 0 Å². The number of rotatable bonds is 6. The minimum absolute atomic E-state index is 0.00106. The van der Waals surface area contributed by atoms with Gasteiger partial charge in [0.15, 0.2) is 0 Å². The third-order valence-corrected chi connectivity index (χ3v) is 4.70. The van der Waals surface area contributed by atoms with E-state index in [-0.39, 0.29) is 23.6 Å². The Hall–Kier alpha value is -2.36. The number of benzene rings is 2. The maximum atomic E-state index is 13.8. The lowest BCUT2D eigenvalue weighted by molar-refractivity contribution is -0.117. The Bertz CT molecular complexity index is 710. The van der Waals surface area contributed by atoms with E-state index in [9.17, 15) is 9.18 Å². The lowest BCUT2D eigenvalue weighted by Gasteiger charge is -2.21. The Balaban J connectivity index is 1.61. The molecule has 0 aromatic heterocycles. The summed E-state index contributed by atoms with van der Waals surface area (Å²) in [6.07, 6.45) is 0.713. The summed E-state index contributed by atoms with van der Waals surface area (Å²) in [4.78, 5) is 14.6. The third kappa shape index (κ3) is 3.42. The summed E-state index contributed by atoms with van der Waals surface area (Å²) in [5.41, 5.74) is 2.58. The molecule has 0 spiro atoms. The van der Waals surface area contributed by atoms with Gasteiger partial charge in [-0.25, -0.2) is 4.39 Å². The van der Waals surface area contributed by atoms with Gasteiger partial charge in [-0.2, -0.15) is 0 Å². The molecule has 0 radical (unpaired) electrons. The largest absolute Gasteiger partial charge is 0.372 e. The van der Waals surface area contributed by atoms with Gasteiger partial charge in [0.05, 0.1) is 0 Å². The molecule has 2 unspecified atom stereocenters. The van der Waals surface area contributed by atoms with Crippen LogP contribution in [0.4, 0.5) is 15.8 Å². The molecule has 1 amide bonds. The molecule has 0 saturated heterocycles. The Morgan fingerprint density at radius 3 is 2.42 bits per heavy atom. The van der Waals surface area contributed by atoms with Crippen LogP contribution in [0.3, 0.4) is 0 Å². The number of halogens is 1. The van der Waals surface area contributed by atoms with Crippen LogP contribution < -0.4 is 10.2 Å². The molecule has 1 aliphatic rings. The van der Waals surface area contributed by atoms with Crippen molar-refractivity contribution in [3.8, 4) is 0 Å². The predicted octanol–water partition coefficient (Wildman–Crippen LogP) is 4.41. The maximum Gasteiger partial charge on any atom is 0.228 e. The molecular formula is C20H23FN2O. The molecule has 0 heterocycles. The first-order valence-corrected chi connectivity index (χ1v) is 8.54. The van der Waals surface area contributed by atoms with Gasteiger partial charge in [0.1, 0.15) is 5.82 Å². The third-order valence-electron chi connectivity index (χ3n) is 4.70. The van der Waals surface area contributed by atoms with E-state index >= 15 is 0 Å². The maximum absolute atomic E-state index is 13.8. The number of nitrogens with zero attached hydrogens (tertiary/aromatic N) is 1. The zero-order valence-electron chi connectivity index (χ0n) is 14.1. The van der Waals surface area contributed by atoms with E-state index in [1.165, 1.54) is 6.07 Å². The second kappa shape index (κ2) is 7.04. The van der Waals surface area contributed by atoms with E-state index in [0.717, 1.165) is 24.5 Å². The summed E-state index contributed by atoms with van der Waals surface area (Å²) >= 11 is 0. The van der Waals surface area contributed by atoms with Crippen LogP contribution in [0.15, 0.2) is 48.5 Å². The van der Waals surface area contributed by atoms with Crippen molar-refractivity contribution in [3.05, 3.63) is 59.9 Å². The summed E-state index contributed by atoms with van der Waals surface area (Å²) in [6, 6.07) is 14.6. The Morgan fingerprint density at radius 1 is 1.12 bits per heavy atom. The fraction of sp³-hybridized carbons (Fsp3) is 0.350. The minimum Gasteiger partial charge on any atom is -0.372 e. The number of hydrogen-bond acceptors (Lipinski definition) is 2. The van der Waals surface area contributed by atoms with E-state index in [1.807, 2.05) is 30.3 Å². The van der Waals surface area contributed by atoms with Crippen molar-refractivity contribution in [3.63, 3.8) is 0 Å². The van der Waals surface area contributed by atoms with Crippen molar-refractivity contribution >= 4 is 17.3 Å². The van der Waals surface area contributed by atoms with Crippen LogP contribution in [-0.4, -0.2) is 19.0 Å². The molecule has 0 aliphatic heterocycles. The second-order valence-corrected chi connectivity index (χ2v) is 6.18. The van der Waals surface area contributed by atoms with Crippen molar-refractivity contribution in [2.45, 2.75) is 26.2 Å². The molecule has 3 nitrogen and oxygen atoms in total. The van der Waals surface area contributed by atoms with Gasteiger partial charge in [-0.15, -0.1) is 0 Å². The molecule has 2 aromatic rings. The molecule has 126 valence electrons. The first kappa shape index (κ1) is 16.5. The summed E-state index contributed by atoms with van der Waals surface area (Å²) in [7, 11) is 0. The van der Waals surface area contributed by atoms with Gasteiger partial charge in [0.25, 0.3) is 0 Å². The molecule has 3 rings (SSSR count). The zero-order valence-corrected chi connectivity index (χ0v) is 14.1. The average molecular weight is 326 g/mol. The van der Waals surface area contributed by atoms with Gasteiger partial charge in [0, 0.05) is 30.4 Å². The minimum atomic E-state index is -0.221. The standard InChI is InChI=1S/C20H23FN2O/c1-3-23(4-2)15-11-9-14(10-12-15)22-20(24)18-13-17(18)16-7-5-6-8-19(16)21/h5-12,17-18H,3-4,13H2,1-2H3,(H,22,24). The second-order valence-electron chi connectivity index (χ2n) is 6.18. The van der Waals surface area contributed by atoms with Gasteiger partial charge >= 0.3 is 0 Å². The van der Waals surface area contributed by atoms with Crippen LogP contribution in [0.2, 0.25) is 0 Å². The van der Waals surface area contributed by atoms with Crippen LogP contribution in [0.1, 0.15) is 31.7 Å². The van der Waals surface area contributed by atoms with Crippen LogP contribution in [0.5, 0.6) is 0 Å². The van der Waals surface area contributed by atoms with Crippen molar-refractivity contribution in [2.24, 2.45) is 5.92 Å². The molecule has 1 N–H and O–H groups in total. The first-order valence-electron chi connectivity index (χ1n) is 8.54. The summed E-state index contributed by atoms with van der Waals surface area (Å²) in [6.45, 7) is 6.15. The fourth-order valence-electron chi connectivity index (χ4n) is 3.18. The Kier molecular flexibility index (Phi) is 4.84. The number of nitrogens with one attached hydrogen (secondary N) is 1. The molecule has 1 fully saturated rings. The monoisotopic (exact) mass is 326 g/mol. The van der Waals surface area contributed by atoms with Crippen molar-refractivity contribution < 1.29 is 9.18 Å². The van der Waals surface area contributed by atoms with E-state index in [0.29, 0.717) is 12.0 Å². The molecular weight excluding hydrogens is 303 g/mol. The van der Waals surface area contributed by atoms with Crippen molar-refractivity contribution in [1.29, 1.82) is 0 Å². The zero-order chi connectivity index (χ0) is 17.1. The SMILES string of the molecule is CCN(CC)c1ccc(NC(=O)C2CC2c2ccccc2F)cc1. The lowest BCUT2D eigenvalue weighted by atomic mass is 10.1. The van der Waals surface area contributed by atoms with E-state index in [1.54, 1.807) is 12.1 Å². The summed E-state index contributed by atoms with van der Waals surface area (Å²) in [5.74, 6) is -0.384. The van der Waals surface area contributed by atoms with Crippen LogP contribution >= 0.6 is 0 Å². The lowest BCUT2D eigenvalue weighted by Crippen LogP contribution is -2.21. The van der Waals surface area contributed by atoms with E-state index < -0.39 is 0 Å². The number of carbonyl (C=O) groups is 1. The normalized spacial score (nSPS) is 19.0. The first-order chi connectivity index (χ1) is 11.6. The van der Waals surface area contributed by atoms with E-state index in [4.69, 9.17) is 0 Å². The van der Waals surface area contributed by atoms with Gasteiger partial charge < -0.3 is 10.2 Å². The van der Waals surface area contributed by atoms with Gasteiger partial charge in [-0.1, -0.05) is 18.2 Å². The molecule has 1 saturated carbocycles. The summed E-state index contributed by atoms with van der Waals surface area (Å²) < 4.78 is 13.8.